The van der Waals surface area contributed by atoms with E-state index in [0.717, 1.165) is 10.6 Å². The van der Waals surface area contributed by atoms with Crippen molar-refractivity contribution in [2.45, 2.75) is 58.7 Å². The summed E-state index contributed by atoms with van der Waals surface area (Å²) in [5.74, 6) is -1.13. The largest absolute Gasteiger partial charge is 0.352 e. The van der Waals surface area contributed by atoms with Crippen LogP contribution in [0, 0.1) is 5.82 Å². The molecule has 0 bridgehead atoms. The first kappa shape index (κ1) is 29.9. The Bertz CT molecular complexity index is 1140. The van der Waals surface area contributed by atoms with E-state index in [1.807, 2.05) is 13.8 Å². The smallest absolute Gasteiger partial charge is 0.243 e. The van der Waals surface area contributed by atoms with Crippen molar-refractivity contribution in [3.05, 3.63) is 63.9 Å². The molecule has 0 saturated heterocycles. The second kappa shape index (κ2) is 13.3. The van der Waals surface area contributed by atoms with Gasteiger partial charge in [0.05, 0.1) is 11.9 Å². The van der Waals surface area contributed by atoms with Crippen LogP contribution >= 0.6 is 23.2 Å². The quantitative estimate of drug-likeness (QED) is 0.396. The summed E-state index contributed by atoms with van der Waals surface area (Å²) < 4.78 is 39.1. The van der Waals surface area contributed by atoms with Crippen molar-refractivity contribution in [2.24, 2.45) is 0 Å². The number of hydrogen-bond acceptors (Lipinski definition) is 4. The topological polar surface area (TPSA) is 86.8 Å². The standard InChI is InChI=1S/C25H32Cl2FN3O4S/c1-5-23(25(33)29-17(2)3)30(16-20-21(26)8-6-9-22(20)27)24(32)10-7-15-31(36(4,34)35)19-13-11-18(28)12-14-19/h6,8-9,11-14,17,23H,5,7,10,15-16H2,1-4H3,(H,29,33)/t23-/m0/s1. The van der Waals surface area contributed by atoms with Crippen LogP contribution < -0.4 is 9.62 Å². The maximum absolute atomic E-state index is 13.4. The first-order chi connectivity index (χ1) is 16.8. The van der Waals surface area contributed by atoms with Crippen molar-refractivity contribution >= 4 is 50.7 Å². The van der Waals surface area contributed by atoms with Crippen LogP contribution in [0.3, 0.4) is 0 Å². The predicted octanol–water partition coefficient (Wildman–Crippen LogP) is 5.01. The van der Waals surface area contributed by atoms with Crippen molar-refractivity contribution in [1.82, 2.24) is 10.2 Å². The summed E-state index contributed by atoms with van der Waals surface area (Å²) in [6.07, 6.45) is 1.56. The molecule has 7 nitrogen and oxygen atoms in total. The van der Waals surface area contributed by atoms with Crippen LogP contribution in [0.25, 0.3) is 0 Å². The minimum Gasteiger partial charge on any atom is -0.352 e. The summed E-state index contributed by atoms with van der Waals surface area (Å²) in [6.45, 7) is 5.49. The average Bonchev–Trinajstić information content (AvgIpc) is 2.78. The van der Waals surface area contributed by atoms with Crippen LogP contribution in [0.5, 0.6) is 0 Å². The Morgan fingerprint density at radius 3 is 2.14 bits per heavy atom. The summed E-state index contributed by atoms with van der Waals surface area (Å²) >= 11 is 12.7. The molecule has 0 radical (unpaired) electrons. The lowest BCUT2D eigenvalue weighted by Gasteiger charge is -2.32. The molecule has 2 aromatic rings. The normalized spacial score (nSPS) is 12.3. The molecule has 198 valence electrons. The van der Waals surface area contributed by atoms with Crippen LogP contribution in [0.4, 0.5) is 10.1 Å². The van der Waals surface area contributed by atoms with Gasteiger partial charge in [0, 0.05) is 41.2 Å². The third kappa shape index (κ3) is 8.35. The number of carbonyl (C=O) groups is 2. The molecule has 2 rings (SSSR count). The number of nitrogens with one attached hydrogen (secondary N) is 1. The number of nitrogens with zero attached hydrogens (tertiary/aromatic N) is 2. The van der Waals surface area contributed by atoms with E-state index >= 15 is 0 Å². The Morgan fingerprint density at radius 2 is 1.64 bits per heavy atom. The van der Waals surface area contributed by atoms with E-state index in [-0.39, 0.29) is 43.8 Å². The summed E-state index contributed by atoms with van der Waals surface area (Å²) in [7, 11) is -3.67. The molecule has 1 N–H and O–H groups in total. The zero-order valence-corrected chi connectivity index (χ0v) is 23.1. The van der Waals surface area contributed by atoms with E-state index in [9.17, 15) is 22.4 Å². The lowest BCUT2D eigenvalue weighted by Crippen LogP contribution is -2.50. The third-order valence-electron chi connectivity index (χ3n) is 5.47. The molecule has 0 unspecified atom stereocenters. The molecule has 0 saturated carbocycles. The van der Waals surface area contributed by atoms with Gasteiger partial charge in [0.2, 0.25) is 21.8 Å². The molecular weight excluding hydrogens is 528 g/mol. The molecule has 36 heavy (non-hydrogen) atoms. The molecule has 2 amide bonds. The number of benzene rings is 2. The van der Waals surface area contributed by atoms with Crippen LogP contribution in [0.15, 0.2) is 42.5 Å². The number of amides is 2. The molecule has 0 aliphatic rings. The predicted molar refractivity (Wildman–Crippen MR) is 142 cm³/mol. The van der Waals surface area contributed by atoms with E-state index in [4.69, 9.17) is 23.2 Å². The maximum atomic E-state index is 13.4. The average molecular weight is 561 g/mol. The van der Waals surface area contributed by atoms with Crippen LogP contribution in [-0.4, -0.2) is 50.0 Å². The second-order valence-electron chi connectivity index (χ2n) is 8.72. The number of hydrogen-bond donors (Lipinski definition) is 1. The van der Waals surface area contributed by atoms with Gasteiger partial charge in [-0.25, -0.2) is 12.8 Å². The first-order valence-electron chi connectivity index (χ1n) is 11.6. The van der Waals surface area contributed by atoms with Gasteiger partial charge in [0.25, 0.3) is 0 Å². The number of rotatable bonds is 12. The van der Waals surface area contributed by atoms with Crippen molar-refractivity contribution in [3.8, 4) is 0 Å². The van der Waals surface area contributed by atoms with Crippen LogP contribution in [0.1, 0.15) is 45.6 Å². The first-order valence-corrected chi connectivity index (χ1v) is 14.2. The monoisotopic (exact) mass is 559 g/mol. The summed E-state index contributed by atoms with van der Waals surface area (Å²) in [6, 6.07) is 9.21. The van der Waals surface area contributed by atoms with E-state index in [2.05, 4.69) is 5.32 Å². The Kier molecular flexibility index (Phi) is 11.0. The minimum atomic E-state index is -3.67. The second-order valence-corrected chi connectivity index (χ2v) is 11.4. The molecule has 2 aromatic carbocycles. The van der Waals surface area contributed by atoms with E-state index in [1.54, 1.807) is 25.1 Å². The Balaban J connectivity index is 2.27. The van der Waals surface area contributed by atoms with Gasteiger partial charge in [-0.05, 0) is 63.1 Å². The number of carbonyl (C=O) groups excluding carboxylic acids is 2. The highest BCUT2D eigenvalue weighted by Gasteiger charge is 2.30. The molecule has 0 aliphatic carbocycles. The lowest BCUT2D eigenvalue weighted by atomic mass is 10.1. The third-order valence-corrected chi connectivity index (χ3v) is 7.38. The van der Waals surface area contributed by atoms with Gasteiger partial charge >= 0.3 is 0 Å². The molecule has 11 heteroatoms. The fraction of sp³-hybridized carbons (Fsp3) is 0.440. The highest BCUT2D eigenvalue weighted by molar-refractivity contribution is 7.92. The van der Waals surface area contributed by atoms with Gasteiger partial charge in [-0.3, -0.25) is 13.9 Å². The molecule has 0 aromatic heterocycles. The van der Waals surface area contributed by atoms with Gasteiger partial charge in [-0.2, -0.15) is 0 Å². The summed E-state index contributed by atoms with van der Waals surface area (Å²) in [5, 5.41) is 3.60. The van der Waals surface area contributed by atoms with E-state index in [1.165, 1.54) is 29.2 Å². The van der Waals surface area contributed by atoms with Crippen molar-refractivity contribution in [1.29, 1.82) is 0 Å². The van der Waals surface area contributed by atoms with Gasteiger partial charge in [-0.15, -0.1) is 0 Å². The molecule has 0 heterocycles. The Morgan fingerprint density at radius 1 is 1.06 bits per heavy atom. The fourth-order valence-corrected chi connectivity index (χ4v) is 5.25. The molecule has 0 fully saturated rings. The fourth-order valence-electron chi connectivity index (χ4n) is 3.77. The van der Waals surface area contributed by atoms with Gasteiger partial charge in [0.15, 0.2) is 0 Å². The minimum absolute atomic E-state index is 0.00583. The molecule has 0 spiro atoms. The molecule has 1 atom stereocenters. The summed E-state index contributed by atoms with van der Waals surface area (Å²) in [4.78, 5) is 27.8. The molecular formula is C25H32Cl2FN3O4S. The zero-order valence-electron chi connectivity index (χ0n) is 20.8. The number of anilines is 1. The maximum Gasteiger partial charge on any atom is 0.243 e. The Labute approximate surface area is 222 Å². The van der Waals surface area contributed by atoms with E-state index < -0.39 is 21.9 Å². The Hall–Kier alpha value is -2.36. The SMILES string of the molecule is CC[C@@H](C(=O)NC(C)C)N(Cc1c(Cl)cccc1Cl)C(=O)CCCN(c1ccc(F)cc1)S(C)(=O)=O. The van der Waals surface area contributed by atoms with Gasteiger partial charge in [0.1, 0.15) is 11.9 Å². The molecule has 0 aliphatic heterocycles. The van der Waals surface area contributed by atoms with Gasteiger partial charge < -0.3 is 10.2 Å². The van der Waals surface area contributed by atoms with Crippen LogP contribution in [0.2, 0.25) is 10.0 Å². The summed E-state index contributed by atoms with van der Waals surface area (Å²) in [5.41, 5.74) is 0.822. The van der Waals surface area contributed by atoms with Gasteiger partial charge in [-0.1, -0.05) is 36.2 Å². The van der Waals surface area contributed by atoms with Crippen molar-refractivity contribution < 1.29 is 22.4 Å². The number of halogens is 3. The van der Waals surface area contributed by atoms with Crippen LogP contribution in [-0.2, 0) is 26.2 Å². The zero-order chi connectivity index (χ0) is 27.0. The van der Waals surface area contributed by atoms with Crippen molar-refractivity contribution in [2.75, 3.05) is 17.1 Å². The highest BCUT2D eigenvalue weighted by Crippen LogP contribution is 2.27. The van der Waals surface area contributed by atoms with Crippen molar-refractivity contribution in [3.63, 3.8) is 0 Å². The van der Waals surface area contributed by atoms with E-state index in [0.29, 0.717) is 27.7 Å². The lowest BCUT2D eigenvalue weighted by molar-refractivity contribution is -0.141. The highest BCUT2D eigenvalue weighted by atomic mass is 35.5. The number of sulfonamides is 1.